The van der Waals surface area contributed by atoms with Gasteiger partial charge in [0.2, 0.25) is 5.91 Å². The lowest BCUT2D eigenvalue weighted by molar-refractivity contribution is -0.120. The molecule has 0 atom stereocenters. The van der Waals surface area contributed by atoms with Crippen molar-refractivity contribution in [1.82, 2.24) is 4.98 Å². The first-order valence-corrected chi connectivity index (χ1v) is 11.2. The first-order valence-electron chi connectivity index (χ1n) is 10.8. The van der Waals surface area contributed by atoms with Crippen molar-refractivity contribution >= 4 is 39.8 Å². The third-order valence-electron chi connectivity index (χ3n) is 6.11. The van der Waals surface area contributed by atoms with Crippen molar-refractivity contribution in [3.63, 3.8) is 0 Å². The van der Waals surface area contributed by atoms with Gasteiger partial charge in [-0.15, -0.1) is 0 Å². The Balaban J connectivity index is 1.40. The van der Waals surface area contributed by atoms with Gasteiger partial charge in [-0.3, -0.25) is 9.78 Å². The fraction of sp³-hybridized carbons (Fsp3) is 0.360. The maximum Gasteiger partial charge on any atom is 0.227 e. The van der Waals surface area contributed by atoms with Gasteiger partial charge in [0.1, 0.15) is 0 Å². The average Bonchev–Trinajstić information content (AvgIpc) is 2.75. The predicted molar refractivity (Wildman–Crippen MR) is 125 cm³/mol. The number of fused-ring (bicyclic) bond motifs is 1. The number of pyridine rings is 1. The van der Waals surface area contributed by atoms with Crippen LogP contribution in [0.15, 0.2) is 48.5 Å². The molecular weight excluding hydrogens is 394 g/mol. The zero-order valence-corrected chi connectivity index (χ0v) is 18.1. The van der Waals surface area contributed by atoms with Gasteiger partial charge in [0.25, 0.3) is 0 Å². The van der Waals surface area contributed by atoms with E-state index in [1.807, 2.05) is 36.4 Å². The number of amides is 1. The molecule has 1 fully saturated rings. The van der Waals surface area contributed by atoms with Gasteiger partial charge in [-0.1, -0.05) is 37.1 Å². The van der Waals surface area contributed by atoms with Gasteiger partial charge in [-0.25, -0.2) is 0 Å². The highest BCUT2D eigenvalue weighted by atomic mass is 35.5. The van der Waals surface area contributed by atoms with E-state index in [-0.39, 0.29) is 11.8 Å². The Morgan fingerprint density at radius 1 is 1.10 bits per heavy atom. The molecule has 0 radical (unpaired) electrons. The molecular formula is C25H28ClN3O. The Labute approximate surface area is 182 Å². The number of nitrogen functional groups attached to an aromatic ring is 1. The number of carbonyl (C=O) groups excluding carboxylic acids is 1. The summed E-state index contributed by atoms with van der Waals surface area (Å²) >= 11 is 6.00. The summed E-state index contributed by atoms with van der Waals surface area (Å²) in [7, 11) is 0. The molecule has 0 unspecified atom stereocenters. The summed E-state index contributed by atoms with van der Waals surface area (Å²) in [5.74, 6) is 0.653. The molecule has 0 spiro atoms. The van der Waals surface area contributed by atoms with Gasteiger partial charge in [0.05, 0.1) is 5.52 Å². The van der Waals surface area contributed by atoms with E-state index < -0.39 is 0 Å². The van der Waals surface area contributed by atoms with E-state index in [1.54, 1.807) is 0 Å². The quantitative estimate of drug-likeness (QED) is 0.505. The van der Waals surface area contributed by atoms with Crippen LogP contribution in [0.3, 0.4) is 0 Å². The highest BCUT2D eigenvalue weighted by Gasteiger charge is 2.27. The third-order valence-corrected chi connectivity index (χ3v) is 6.36. The van der Waals surface area contributed by atoms with Crippen LogP contribution >= 0.6 is 11.6 Å². The van der Waals surface area contributed by atoms with Crippen LogP contribution in [0, 0.1) is 5.92 Å². The van der Waals surface area contributed by atoms with E-state index in [9.17, 15) is 4.79 Å². The van der Waals surface area contributed by atoms with Crippen LogP contribution in [0.4, 0.5) is 11.4 Å². The van der Waals surface area contributed by atoms with E-state index in [0.717, 1.165) is 65.8 Å². The Kier molecular flexibility index (Phi) is 6.24. The van der Waals surface area contributed by atoms with Crippen LogP contribution in [-0.4, -0.2) is 10.9 Å². The number of nitrogens with zero attached hydrogens (tertiary/aromatic N) is 1. The van der Waals surface area contributed by atoms with Crippen molar-refractivity contribution in [1.29, 1.82) is 0 Å². The number of carbonyl (C=O) groups is 1. The number of rotatable bonds is 5. The molecule has 1 heterocycles. The van der Waals surface area contributed by atoms with Crippen molar-refractivity contribution in [2.45, 2.75) is 51.4 Å². The summed E-state index contributed by atoms with van der Waals surface area (Å²) in [6.45, 7) is 2.13. The van der Waals surface area contributed by atoms with Crippen molar-refractivity contribution in [3.05, 3.63) is 64.8 Å². The summed E-state index contributed by atoms with van der Waals surface area (Å²) < 4.78 is 0. The van der Waals surface area contributed by atoms with E-state index in [1.165, 1.54) is 5.56 Å². The number of nitrogens with one attached hydrogen (secondary N) is 1. The van der Waals surface area contributed by atoms with Gasteiger partial charge in [-0.2, -0.15) is 0 Å². The summed E-state index contributed by atoms with van der Waals surface area (Å²) in [6, 6.07) is 15.8. The first kappa shape index (κ1) is 20.7. The van der Waals surface area contributed by atoms with E-state index in [0.29, 0.717) is 11.6 Å². The second-order valence-electron chi connectivity index (χ2n) is 8.27. The maximum atomic E-state index is 12.8. The number of nitrogens with two attached hydrogens (primary N) is 1. The lowest BCUT2D eigenvalue weighted by atomic mass is 9.78. The Bertz CT molecular complexity index is 1040. The number of aryl methyl sites for hydroxylation is 1. The van der Waals surface area contributed by atoms with Crippen LogP contribution in [-0.2, 0) is 11.2 Å². The summed E-state index contributed by atoms with van der Waals surface area (Å²) in [4.78, 5) is 17.5. The van der Waals surface area contributed by atoms with E-state index >= 15 is 0 Å². The first-order chi connectivity index (χ1) is 14.5. The molecule has 1 aliphatic carbocycles. The lowest BCUT2D eigenvalue weighted by Crippen LogP contribution is -2.26. The molecule has 4 rings (SSSR count). The molecule has 2 aromatic carbocycles. The van der Waals surface area contributed by atoms with Crippen molar-refractivity contribution in [2.24, 2.45) is 5.92 Å². The molecule has 5 heteroatoms. The largest absolute Gasteiger partial charge is 0.398 e. The smallest absolute Gasteiger partial charge is 0.227 e. The van der Waals surface area contributed by atoms with Crippen LogP contribution in [0.2, 0.25) is 5.02 Å². The molecule has 0 saturated heterocycles. The van der Waals surface area contributed by atoms with Crippen LogP contribution in [0.5, 0.6) is 0 Å². The number of aromatic nitrogens is 1. The molecule has 30 heavy (non-hydrogen) atoms. The van der Waals surface area contributed by atoms with Gasteiger partial charge in [0.15, 0.2) is 0 Å². The third kappa shape index (κ3) is 4.59. The summed E-state index contributed by atoms with van der Waals surface area (Å²) in [5, 5.41) is 4.74. The minimum atomic E-state index is 0.0478. The Morgan fingerprint density at radius 2 is 1.83 bits per heavy atom. The topological polar surface area (TPSA) is 68.0 Å². The highest BCUT2D eigenvalue weighted by Crippen LogP contribution is 2.36. The molecule has 4 nitrogen and oxygen atoms in total. The maximum absolute atomic E-state index is 12.8. The molecule has 3 aromatic rings. The lowest BCUT2D eigenvalue weighted by Gasteiger charge is -2.28. The average molecular weight is 422 g/mol. The van der Waals surface area contributed by atoms with Gasteiger partial charge >= 0.3 is 0 Å². The highest BCUT2D eigenvalue weighted by molar-refractivity contribution is 6.30. The molecule has 1 aromatic heterocycles. The molecule has 156 valence electrons. The number of benzene rings is 2. The second-order valence-corrected chi connectivity index (χ2v) is 8.71. The number of hydrogen-bond donors (Lipinski definition) is 2. The zero-order valence-electron chi connectivity index (χ0n) is 17.3. The molecule has 3 N–H and O–H groups in total. The Morgan fingerprint density at radius 3 is 2.53 bits per heavy atom. The summed E-state index contributed by atoms with van der Waals surface area (Å²) in [6.07, 6.45) is 5.79. The minimum absolute atomic E-state index is 0.0478. The van der Waals surface area contributed by atoms with E-state index in [4.69, 9.17) is 17.3 Å². The SMILES string of the molecule is CCCc1cc(N)c2cc(NC(=O)C3CCC(c4ccc(Cl)cc4)CC3)ccc2n1. The van der Waals surface area contributed by atoms with Crippen molar-refractivity contribution < 1.29 is 4.79 Å². The fourth-order valence-corrected chi connectivity index (χ4v) is 4.57. The monoisotopic (exact) mass is 421 g/mol. The molecule has 1 aliphatic rings. The van der Waals surface area contributed by atoms with Crippen LogP contribution in [0.1, 0.15) is 56.2 Å². The molecule has 1 saturated carbocycles. The second kappa shape index (κ2) is 9.05. The minimum Gasteiger partial charge on any atom is -0.398 e. The summed E-state index contributed by atoms with van der Waals surface area (Å²) in [5.41, 5.74) is 10.9. The molecule has 0 aliphatic heterocycles. The fourth-order valence-electron chi connectivity index (χ4n) is 4.44. The van der Waals surface area contributed by atoms with Gasteiger partial charge in [-0.05, 0) is 80.0 Å². The molecule has 0 bridgehead atoms. The van der Waals surface area contributed by atoms with Crippen molar-refractivity contribution in [3.8, 4) is 0 Å². The number of halogens is 1. The Hall–Kier alpha value is -2.59. The zero-order chi connectivity index (χ0) is 21.1. The molecule has 1 amide bonds. The number of hydrogen-bond acceptors (Lipinski definition) is 3. The van der Waals surface area contributed by atoms with Crippen molar-refractivity contribution in [2.75, 3.05) is 11.1 Å². The van der Waals surface area contributed by atoms with E-state index in [2.05, 4.69) is 29.4 Å². The normalized spacial score (nSPS) is 19.0. The van der Waals surface area contributed by atoms with Crippen LogP contribution < -0.4 is 11.1 Å². The van der Waals surface area contributed by atoms with Gasteiger partial charge in [0, 0.05) is 33.4 Å². The standard InChI is InChI=1S/C25H28ClN3O/c1-2-3-20-15-23(27)22-14-21(12-13-24(22)28-20)29-25(30)18-6-4-16(5-7-18)17-8-10-19(26)11-9-17/h8-16,18H,2-7H2,1H3,(H2,27,28)(H,29,30). The van der Waals surface area contributed by atoms with Gasteiger partial charge < -0.3 is 11.1 Å². The number of anilines is 2. The van der Waals surface area contributed by atoms with Crippen LogP contribution in [0.25, 0.3) is 10.9 Å². The predicted octanol–water partition coefficient (Wildman–Crippen LogP) is 6.34.